The van der Waals surface area contributed by atoms with E-state index in [4.69, 9.17) is 15.2 Å². The third-order valence-electron chi connectivity index (χ3n) is 3.76. The Morgan fingerprint density at radius 1 is 1.10 bits per heavy atom. The number of aryl methyl sites for hydroxylation is 2. The second-order valence-corrected chi connectivity index (χ2v) is 5.19. The molecule has 1 aromatic heterocycles. The number of rotatable bonds is 4. The molecule has 0 fully saturated rings. The first-order valence-corrected chi connectivity index (χ1v) is 7.44. The van der Waals surface area contributed by atoms with Crippen molar-refractivity contribution in [2.45, 2.75) is 33.2 Å². The van der Waals surface area contributed by atoms with Gasteiger partial charge in [-0.3, -0.25) is 4.68 Å². The summed E-state index contributed by atoms with van der Waals surface area (Å²) in [4.78, 5) is 0. The number of nitrogens with two attached hydrogens (primary N) is 1. The van der Waals surface area contributed by atoms with Gasteiger partial charge in [0, 0.05) is 23.0 Å². The summed E-state index contributed by atoms with van der Waals surface area (Å²) >= 11 is 0. The maximum atomic E-state index is 6.15. The molecule has 5 heteroatoms. The van der Waals surface area contributed by atoms with Crippen LogP contribution in [0.2, 0.25) is 0 Å². The Kier molecular flexibility index (Phi) is 3.73. The molecule has 0 amide bonds. The molecule has 112 valence electrons. The Bertz CT molecular complexity index is 649. The highest BCUT2D eigenvalue weighted by atomic mass is 16.6. The van der Waals surface area contributed by atoms with E-state index in [9.17, 15) is 0 Å². The third kappa shape index (κ3) is 2.68. The molecule has 3 rings (SSSR count). The van der Waals surface area contributed by atoms with Crippen LogP contribution in [0.1, 0.15) is 30.8 Å². The van der Waals surface area contributed by atoms with Gasteiger partial charge in [0.15, 0.2) is 11.5 Å². The number of nitrogens with zero attached hydrogens (tertiary/aromatic N) is 2. The van der Waals surface area contributed by atoms with Gasteiger partial charge in [0.25, 0.3) is 0 Å². The zero-order valence-corrected chi connectivity index (χ0v) is 12.6. The number of benzene rings is 1. The smallest absolute Gasteiger partial charge is 0.163 e. The summed E-state index contributed by atoms with van der Waals surface area (Å²) in [5, 5.41) is 4.64. The van der Waals surface area contributed by atoms with Gasteiger partial charge in [0.2, 0.25) is 0 Å². The number of aromatic nitrogens is 2. The quantitative estimate of drug-likeness (QED) is 0.877. The highest BCUT2D eigenvalue weighted by molar-refractivity contribution is 5.58. The van der Waals surface area contributed by atoms with Gasteiger partial charge in [-0.25, -0.2) is 0 Å². The Hall–Kier alpha value is -2.17. The van der Waals surface area contributed by atoms with E-state index in [1.54, 1.807) is 0 Å². The van der Waals surface area contributed by atoms with Crippen LogP contribution in [-0.2, 0) is 19.4 Å². The summed E-state index contributed by atoms with van der Waals surface area (Å²) in [6, 6.07) is 5.98. The van der Waals surface area contributed by atoms with E-state index < -0.39 is 0 Å². The molecule has 1 aliphatic heterocycles. The molecule has 2 aromatic rings. The summed E-state index contributed by atoms with van der Waals surface area (Å²) in [6.45, 7) is 6.07. The Morgan fingerprint density at radius 3 is 2.48 bits per heavy atom. The van der Waals surface area contributed by atoms with E-state index in [0.717, 1.165) is 41.3 Å². The standard InChI is InChI=1S/C16H21N3O2/c1-3-12-8-13(4-2)19(18-12)10-11-7-15-16(9-14(11)17)21-6-5-20-15/h7-9H,3-6,10,17H2,1-2H3. The molecule has 0 saturated carbocycles. The summed E-state index contributed by atoms with van der Waals surface area (Å²) in [5.74, 6) is 1.50. The molecule has 5 nitrogen and oxygen atoms in total. The summed E-state index contributed by atoms with van der Waals surface area (Å²) < 4.78 is 13.2. The van der Waals surface area contributed by atoms with Crippen molar-refractivity contribution in [2.24, 2.45) is 0 Å². The molecule has 0 spiro atoms. The van der Waals surface area contributed by atoms with E-state index in [2.05, 4.69) is 25.0 Å². The van der Waals surface area contributed by atoms with Gasteiger partial charge in [-0.1, -0.05) is 13.8 Å². The first-order valence-electron chi connectivity index (χ1n) is 7.44. The van der Waals surface area contributed by atoms with Crippen molar-refractivity contribution in [1.82, 2.24) is 9.78 Å². The molecule has 2 N–H and O–H groups in total. The molecule has 1 aliphatic rings. The topological polar surface area (TPSA) is 62.3 Å². The fraction of sp³-hybridized carbons (Fsp3) is 0.438. The van der Waals surface area contributed by atoms with Crippen molar-refractivity contribution in [1.29, 1.82) is 0 Å². The molecule has 1 aromatic carbocycles. The first-order chi connectivity index (χ1) is 10.2. The number of nitrogen functional groups attached to an aromatic ring is 1. The molecule has 21 heavy (non-hydrogen) atoms. The maximum Gasteiger partial charge on any atom is 0.163 e. The minimum atomic E-state index is 0.574. The molecule has 2 heterocycles. The van der Waals surface area contributed by atoms with E-state index >= 15 is 0 Å². The van der Waals surface area contributed by atoms with E-state index in [0.29, 0.717) is 19.8 Å². The molecule has 0 atom stereocenters. The molecule has 0 radical (unpaired) electrons. The van der Waals surface area contributed by atoms with Crippen LogP contribution in [0, 0.1) is 0 Å². The van der Waals surface area contributed by atoms with Crippen molar-refractivity contribution < 1.29 is 9.47 Å². The van der Waals surface area contributed by atoms with Gasteiger partial charge >= 0.3 is 0 Å². The average molecular weight is 287 g/mol. The minimum absolute atomic E-state index is 0.574. The number of fused-ring (bicyclic) bond motifs is 1. The number of hydrogen-bond acceptors (Lipinski definition) is 4. The van der Waals surface area contributed by atoms with Crippen LogP contribution in [0.5, 0.6) is 11.5 Å². The fourth-order valence-electron chi connectivity index (χ4n) is 2.55. The maximum absolute atomic E-state index is 6.15. The number of anilines is 1. The minimum Gasteiger partial charge on any atom is -0.486 e. The SMILES string of the molecule is CCc1cc(CC)n(Cc2cc3c(cc2N)OCCO3)n1. The highest BCUT2D eigenvalue weighted by Gasteiger charge is 2.16. The van der Waals surface area contributed by atoms with Crippen molar-refractivity contribution in [3.8, 4) is 11.5 Å². The lowest BCUT2D eigenvalue weighted by atomic mass is 10.1. The van der Waals surface area contributed by atoms with Crippen LogP contribution in [-0.4, -0.2) is 23.0 Å². The van der Waals surface area contributed by atoms with Crippen molar-refractivity contribution in [3.63, 3.8) is 0 Å². The number of ether oxygens (including phenoxy) is 2. The normalized spacial score (nSPS) is 13.4. The summed E-state index contributed by atoms with van der Waals surface area (Å²) in [5.41, 5.74) is 10.2. The van der Waals surface area contributed by atoms with Crippen LogP contribution < -0.4 is 15.2 Å². The van der Waals surface area contributed by atoms with E-state index in [-0.39, 0.29) is 0 Å². The molecular formula is C16H21N3O2. The Labute approximate surface area is 124 Å². The summed E-state index contributed by atoms with van der Waals surface area (Å²) in [7, 11) is 0. The second-order valence-electron chi connectivity index (χ2n) is 5.19. The van der Waals surface area contributed by atoms with Gasteiger partial charge < -0.3 is 15.2 Å². The van der Waals surface area contributed by atoms with Gasteiger partial charge in [-0.05, 0) is 25.0 Å². The molecule has 0 bridgehead atoms. The predicted molar refractivity (Wildman–Crippen MR) is 81.9 cm³/mol. The van der Waals surface area contributed by atoms with Crippen LogP contribution in [0.4, 0.5) is 5.69 Å². The van der Waals surface area contributed by atoms with Crippen LogP contribution in [0.3, 0.4) is 0 Å². The highest BCUT2D eigenvalue weighted by Crippen LogP contribution is 2.34. The fourth-order valence-corrected chi connectivity index (χ4v) is 2.55. The Morgan fingerprint density at radius 2 is 1.81 bits per heavy atom. The predicted octanol–water partition coefficient (Wildman–Crippen LogP) is 2.41. The van der Waals surface area contributed by atoms with Gasteiger partial charge in [-0.2, -0.15) is 5.10 Å². The monoisotopic (exact) mass is 287 g/mol. The second kappa shape index (κ2) is 5.68. The van der Waals surface area contributed by atoms with Crippen molar-refractivity contribution >= 4 is 5.69 Å². The zero-order valence-electron chi connectivity index (χ0n) is 12.6. The van der Waals surface area contributed by atoms with Crippen molar-refractivity contribution in [3.05, 3.63) is 35.2 Å². The lowest BCUT2D eigenvalue weighted by molar-refractivity contribution is 0.171. The Balaban J connectivity index is 1.92. The van der Waals surface area contributed by atoms with Crippen molar-refractivity contribution in [2.75, 3.05) is 18.9 Å². The average Bonchev–Trinajstić information content (AvgIpc) is 2.90. The van der Waals surface area contributed by atoms with Crippen LogP contribution in [0.15, 0.2) is 18.2 Å². The molecular weight excluding hydrogens is 266 g/mol. The van der Waals surface area contributed by atoms with Gasteiger partial charge in [0.1, 0.15) is 13.2 Å². The lowest BCUT2D eigenvalue weighted by Gasteiger charge is -2.20. The molecule has 0 saturated heterocycles. The van der Waals surface area contributed by atoms with E-state index in [1.165, 1.54) is 5.69 Å². The lowest BCUT2D eigenvalue weighted by Crippen LogP contribution is -2.16. The molecule has 0 aliphatic carbocycles. The largest absolute Gasteiger partial charge is 0.486 e. The van der Waals surface area contributed by atoms with Gasteiger partial charge in [-0.15, -0.1) is 0 Å². The van der Waals surface area contributed by atoms with Crippen LogP contribution in [0.25, 0.3) is 0 Å². The zero-order chi connectivity index (χ0) is 14.8. The van der Waals surface area contributed by atoms with Crippen LogP contribution >= 0.6 is 0 Å². The number of hydrogen-bond donors (Lipinski definition) is 1. The van der Waals surface area contributed by atoms with E-state index in [1.807, 2.05) is 16.8 Å². The third-order valence-corrected chi connectivity index (χ3v) is 3.76. The molecule has 0 unspecified atom stereocenters. The summed E-state index contributed by atoms with van der Waals surface area (Å²) in [6.07, 6.45) is 1.90. The first kappa shape index (κ1) is 13.8. The van der Waals surface area contributed by atoms with Gasteiger partial charge in [0.05, 0.1) is 12.2 Å².